The molecule has 69 heavy (non-hydrogen) atoms. The number of para-hydroxylation sites is 2. The van der Waals surface area contributed by atoms with Crippen molar-refractivity contribution in [1.29, 1.82) is 0 Å². The number of anilines is 2. The number of hydrogen-bond acceptors (Lipinski definition) is 7. The lowest BCUT2D eigenvalue weighted by atomic mass is 9.81. The SMILES string of the molecule is CC1=[N+](CCCCC(=O)O)c2ccccc2C1(C)C.CN(CCC(=O)O)c1ccc(/C=C/C2=[N+](CCCCC(=O)O)c3ccccc3C2(C)C)cc1.COc1ccc(N(C)CCC(=O)O)cc1.[Br-].[Br-]. The summed E-state index contributed by atoms with van der Waals surface area (Å²) in [5, 5.41) is 35.1. The predicted octanol–water partition coefficient (Wildman–Crippen LogP) is 3.89. The Morgan fingerprint density at radius 3 is 1.41 bits per heavy atom. The Morgan fingerprint density at radius 2 is 0.957 bits per heavy atom. The largest absolute Gasteiger partial charge is 1.00 e. The van der Waals surface area contributed by atoms with Gasteiger partial charge in [0.2, 0.25) is 11.4 Å². The normalized spacial score (nSPS) is 13.6. The lowest BCUT2D eigenvalue weighted by Gasteiger charge is -2.18. The van der Waals surface area contributed by atoms with Crippen LogP contribution in [0.25, 0.3) is 6.08 Å². The first-order valence-corrected chi connectivity index (χ1v) is 22.9. The number of allylic oxidation sites excluding steroid dienone is 1. The van der Waals surface area contributed by atoms with Crippen LogP contribution in [0.15, 0.2) is 103 Å². The maximum Gasteiger partial charge on any atom is 0.305 e. The number of halogens is 2. The van der Waals surface area contributed by atoms with E-state index in [0.29, 0.717) is 19.5 Å². The molecule has 0 saturated carbocycles. The zero-order chi connectivity index (χ0) is 49.3. The standard InChI is InChI=1S/C27H32N2O4.C16H21NO2.C11H15NO3.2BrH/c1-27(2)22-8-4-5-9-23(22)29(18-7-6-10-25(30)31)24(27)16-13-20-11-14-21(15-12-20)28(3)19-17-26(32)33;1-12-16(2,3)13-8-4-5-9-14(13)17(12)11-7-6-10-15(18)19;1-12(8-7-11(13)14)9-3-5-10(15-2)6-4-9;;/h4-5,8-9,11-16H,6-7,10,17-19H2,1-3H3,(H-,30,31,32,33);4-5,8-9H,6-7,10-11H2,1-3H3;3-6H,7-8H2,1-2H3,(H,13,14);2*1H. The number of aliphatic carboxylic acids is 4. The van der Waals surface area contributed by atoms with Gasteiger partial charge in [0.1, 0.15) is 18.8 Å². The van der Waals surface area contributed by atoms with Crippen molar-refractivity contribution in [3.05, 3.63) is 120 Å². The van der Waals surface area contributed by atoms with Crippen LogP contribution < -0.4 is 48.5 Å². The van der Waals surface area contributed by atoms with Crippen LogP contribution in [-0.2, 0) is 30.0 Å². The second kappa shape index (κ2) is 28.0. The number of methoxy groups -OCH3 is 1. The molecule has 13 nitrogen and oxygen atoms in total. The molecule has 0 atom stereocenters. The minimum absolute atomic E-state index is 0. The Labute approximate surface area is 429 Å². The number of nitrogens with zero attached hydrogens (tertiary/aromatic N) is 4. The van der Waals surface area contributed by atoms with Crippen molar-refractivity contribution in [3.8, 4) is 5.75 Å². The van der Waals surface area contributed by atoms with Gasteiger partial charge in [0, 0.05) is 101 Å². The summed E-state index contributed by atoms with van der Waals surface area (Å²) in [6.07, 6.45) is 8.09. The monoisotopic (exact) mass is 1080 g/mol. The minimum Gasteiger partial charge on any atom is -1.00 e. The second-order valence-corrected chi connectivity index (χ2v) is 18.0. The van der Waals surface area contributed by atoms with E-state index in [-0.39, 0.29) is 70.5 Å². The number of benzene rings is 4. The van der Waals surface area contributed by atoms with E-state index in [4.69, 9.17) is 25.2 Å². The van der Waals surface area contributed by atoms with Gasteiger partial charge in [-0.1, -0.05) is 48.5 Å². The van der Waals surface area contributed by atoms with Crippen LogP contribution in [0.2, 0.25) is 0 Å². The van der Waals surface area contributed by atoms with Crippen LogP contribution in [0.3, 0.4) is 0 Å². The molecule has 374 valence electrons. The highest BCUT2D eigenvalue weighted by Crippen LogP contribution is 2.41. The quantitative estimate of drug-likeness (QED) is 0.0706. The van der Waals surface area contributed by atoms with Crippen LogP contribution in [0.4, 0.5) is 22.7 Å². The van der Waals surface area contributed by atoms with E-state index in [1.54, 1.807) is 7.11 Å². The molecule has 4 N–H and O–H groups in total. The Kier molecular flexibility index (Phi) is 24.1. The Morgan fingerprint density at radius 1 is 0.551 bits per heavy atom. The maximum atomic E-state index is 10.9. The van der Waals surface area contributed by atoms with Gasteiger partial charge >= 0.3 is 23.9 Å². The van der Waals surface area contributed by atoms with Crippen molar-refractivity contribution < 1.29 is 87.5 Å². The molecule has 0 fully saturated rings. The molecule has 0 aromatic heterocycles. The van der Waals surface area contributed by atoms with E-state index >= 15 is 0 Å². The molecule has 2 heterocycles. The van der Waals surface area contributed by atoms with Crippen molar-refractivity contribution in [1.82, 2.24) is 0 Å². The van der Waals surface area contributed by atoms with Gasteiger partial charge in [0.15, 0.2) is 11.4 Å². The molecule has 15 heteroatoms. The summed E-state index contributed by atoms with van der Waals surface area (Å²) in [4.78, 5) is 46.5. The molecule has 0 radical (unpaired) electrons. The van der Waals surface area contributed by atoms with Gasteiger partial charge in [0.05, 0.1) is 30.8 Å². The minimum atomic E-state index is -0.800. The third-order valence-electron chi connectivity index (χ3n) is 12.6. The highest BCUT2D eigenvalue weighted by atomic mass is 79.9. The zero-order valence-corrected chi connectivity index (χ0v) is 44.4. The Bertz CT molecular complexity index is 2430. The van der Waals surface area contributed by atoms with Gasteiger partial charge in [-0.15, -0.1) is 0 Å². The lowest BCUT2D eigenvalue weighted by Crippen LogP contribution is -3.00. The van der Waals surface area contributed by atoms with Gasteiger partial charge in [-0.25, -0.2) is 0 Å². The number of carboxylic acids is 4. The first-order valence-electron chi connectivity index (χ1n) is 22.9. The average Bonchev–Trinajstić information content (AvgIpc) is 3.64. The van der Waals surface area contributed by atoms with Crippen molar-refractivity contribution in [2.24, 2.45) is 0 Å². The summed E-state index contributed by atoms with van der Waals surface area (Å²) in [6, 6.07) is 32.5. The molecule has 0 unspecified atom stereocenters. The third kappa shape index (κ3) is 17.0. The van der Waals surface area contributed by atoms with E-state index in [0.717, 1.165) is 55.0 Å². The highest BCUT2D eigenvalue weighted by Gasteiger charge is 2.44. The molecule has 0 spiro atoms. The Balaban J connectivity index is 0.000000385. The van der Waals surface area contributed by atoms with E-state index in [9.17, 15) is 19.2 Å². The summed E-state index contributed by atoms with van der Waals surface area (Å²) in [7, 11) is 5.37. The fourth-order valence-electron chi connectivity index (χ4n) is 8.35. The topological polar surface area (TPSA) is 171 Å². The molecular weight excluding hydrogens is 1010 g/mol. The van der Waals surface area contributed by atoms with E-state index in [2.05, 4.69) is 98.4 Å². The molecule has 4 aromatic rings. The fraction of sp³-hybridized carbons (Fsp3) is 0.407. The summed E-state index contributed by atoms with van der Waals surface area (Å²) in [5.41, 5.74) is 10.6. The predicted molar refractivity (Wildman–Crippen MR) is 267 cm³/mol. The Hall–Kier alpha value is -5.80. The van der Waals surface area contributed by atoms with Crippen LogP contribution in [0.5, 0.6) is 5.75 Å². The number of ether oxygens (including phenoxy) is 1. The van der Waals surface area contributed by atoms with E-state index in [1.165, 1.54) is 33.9 Å². The molecule has 2 aliphatic rings. The number of carboxylic acid groups (broad SMARTS) is 4. The first kappa shape index (κ1) is 59.3. The van der Waals surface area contributed by atoms with Gasteiger partial charge < -0.3 is 68.9 Å². The van der Waals surface area contributed by atoms with Gasteiger partial charge in [-0.05, 0) is 88.6 Å². The molecular formula is C54H70Br2N4O9. The number of rotatable bonds is 21. The second-order valence-electron chi connectivity index (χ2n) is 18.0. The zero-order valence-electron chi connectivity index (χ0n) is 41.3. The molecule has 0 aliphatic carbocycles. The lowest BCUT2D eigenvalue weighted by molar-refractivity contribution is -0.439. The molecule has 0 amide bonds. The van der Waals surface area contributed by atoms with Crippen LogP contribution in [-0.4, -0.2) is 112 Å². The summed E-state index contributed by atoms with van der Waals surface area (Å²) in [5.74, 6) is -2.24. The van der Waals surface area contributed by atoms with Crippen molar-refractivity contribution in [3.63, 3.8) is 0 Å². The molecule has 4 aromatic carbocycles. The molecule has 6 rings (SSSR count). The summed E-state index contributed by atoms with van der Waals surface area (Å²) < 4.78 is 9.70. The van der Waals surface area contributed by atoms with Crippen LogP contribution in [0, 0.1) is 0 Å². The fourth-order valence-corrected chi connectivity index (χ4v) is 8.35. The van der Waals surface area contributed by atoms with Gasteiger partial charge in [0.25, 0.3) is 0 Å². The number of unbranched alkanes of at least 4 members (excludes halogenated alkanes) is 2. The maximum absolute atomic E-state index is 10.9. The highest BCUT2D eigenvalue weighted by molar-refractivity contribution is 6.05. The van der Waals surface area contributed by atoms with E-state index < -0.39 is 23.9 Å². The van der Waals surface area contributed by atoms with Crippen LogP contribution >= 0.6 is 0 Å². The third-order valence-corrected chi connectivity index (χ3v) is 12.6. The number of carbonyl (C=O) groups is 4. The number of hydrogen-bond donors (Lipinski definition) is 4. The molecule has 0 saturated heterocycles. The van der Waals surface area contributed by atoms with Crippen molar-refractivity contribution in [2.45, 2.75) is 96.8 Å². The summed E-state index contributed by atoms with van der Waals surface area (Å²) >= 11 is 0. The van der Waals surface area contributed by atoms with Crippen LogP contribution in [0.1, 0.15) is 103 Å². The summed E-state index contributed by atoms with van der Waals surface area (Å²) in [6.45, 7) is 13.8. The molecule has 0 bridgehead atoms. The first-order chi connectivity index (χ1) is 31.8. The smallest absolute Gasteiger partial charge is 0.305 e. The van der Waals surface area contributed by atoms with Crippen molar-refractivity contribution in [2.75, 3.05) is 57.2 Å². The van der Waals surface area contributed by atoms with Crippen molar-refractivity contribution >= 4 is 64.1 Å². The molecule has 2 aliphatic heterocycles. The van der Waals surface area contributed by atoms with Gasteiger partial charge in [-0.2, -0.15) is 9.15 Å². The van der Waals surface area contributed by atoms with E-state index in [1.807, 2.05) is 78.5 Å². The van der Waals surface area contributed by atoms with Gasteiger partial charge in [-0.3, -0.25) is 19.2 Å². The number of fused-ring (bicyclic) bond motifs is 2. The average molecular weight is 1080 g/mol.